The Morgan fingerprint density at radius 1 is 0.378 bits per heavy atom. The largest absolute Gasteiger partial charge is 0.462 e. The molecule has 0 aliphatic rings. The summed E-state index contributed by atoms with van der Waals surface area (Å²) in [6.07, 6.45) is -4.92. The molecule has 0 fully saturated rings. The second-order valence-corrected chi connectivity index (χ2v) is 20.4. The number of carbonyl (C=O) groups is 6. The van der Waals surface area contributed by atoms with Gasteiger partial charge in [0.25, 0.3) is 0 Å². The molecule has 0 bridgehead atoms. The van der Waals surface area contributed by atoms with Crippen LogP contribution in [0.2, 0.25) is 0 Å². The summed E-state index contributed by atoms with van der Waals surface area (Å²) >= 11 is 0. The fourth-order valence-electron chi connectivity index (χ4n) is 6.78. The predicted molar refractivity (Wildman–Crippen MR) is 319 cm³/mol. The number of aliphatic hydroxyl groups is 6. The molecule has 42 nitrogen and oxygen atoms in total. The maximum Gasteiger partial charge on any atom is 0.338 e. The second kappa shape index (κ2) is 53.5. The number of guanidine groups is 3. The molecule has 90 heavy (non-hydrogen) atoms. The summed E-state index contributed by atoms with van der Waals surface area (Å²) in [4.78, 5) is 79.6. The predicted octanol–water partition coefficient (Wildman–Crippen LogP) is -22.7. The zero-order valence-electron chi connectivity index (χ0n) is 51.5. The van der Waals surface area contributed by atoms with E-state index >= 15 is 0 Å². The number of quaternary nitrogens is 3. The lowest BCUT2D eigenvalue weighted by atomic mass is 10.1. The number of esters is 6. The Kier molecular flexibility index (Phi) is 52.3. The van der Waals surface area contributed by atoms with Gasteiger partial charge in [0.1, 0.15) is 87.1 Å². The second-order valence-electron chi connectivity index (χ2n) is 20.4. The van der Waals surface area contributed by atoms with Gasteiger partial charge in [-0.2, -0.15) is 0 Å². The molecule has 0 aromatic heterocycles. The summed E-state index contributed by atoms with van der Waals surface area (Å²) in [5, 5.41) is 67.1. The van der Waals surface area contributed by atoms with Gasteiger partial charge in [-0.05, 0) is 77.0 Å². The summed E-state index contributed by atoms with van der Waals surface area (Å²) in [6, 6.07) is -5.54. The van der Waals surface area contributed by atoms with Crippen molar-refractivity contribution in [1.82, 2.24) is 16.0 Å². The zero-order chi connectivity index (χ0) is 69.3. The van der Waals surface area contributed by atoms with E-state index in [-0.39, 0.29) is 50.2 Å². The number of hydrogen-bond donors (Lipinski definition) is 30. The molecule has 0 radical (unpaired) electrons. The smallest absolute Gasteiger partial charge is 0.338 e. The van der Waals surface area contributed by atoms with E-state index in [0.29, 0.717) is 103 Å². The van der Waals surface area contributed by atoms with Crippen molar-refractivity contribution in [3.63, 3.8) is 0 Å². The van der Waals surface area contributed by atoms with Crippen LogP contribution in [0.15, 0.2) is 0 Å². The number of carbonyl (C=O) groups excluding carboxylic acids is 6. The van der Waals surface area contributed by atoms with Crippen LogP contribution in [0.3, 0.4) is 0 Å². The Bertz CT molecular complexity index is 2030. The first kappa shape index (κ1) is 88.0. The molecule has 0 saturated heterocycles. The van der Waals surface area contributed by atoms with Crippen LogP contribution in [0, 0.1) is 0 Å². The number of rotatable bonds is 48. The van der Waals surface area contributed by atoms with Crippen LogP contribution in [0.1, 0.15) is 77.0 Å². The Morgan fingerprint density at radius 2 is 0.656 bits per heavy atom. The Balaban J connectivity index is -0.00000126. The van der Waals surface area contributed by atoms with Gasteiger partial charge in [-0.1, -0.05) is 0 Å². The van der Waals surface area contributed by atoms with E-state index in [2.05, 4.69) is 48.1 Å². The zero-order valence-corrected chi connectivity index (χ0v) is 51.5. The highest BCUT2D eigenvalue weighted by Crippen LogP contribution is 2.11. The molecule has 0 aromatic rings. The summed E-state index contributed by atoms with van der Waals surface area (Å²) in [6.45, 7) is -0.424. The molecule has 15 atom stereocenters. The highest BCUT2D eigenvalue weighted by Gasteiger charge is 2.34. The quantitative estimate of drug-likeness (QED) is 0.00672. The normalized spacial score (nSPS) is 16.1. The third-order valence-corrected chi connectivity index (χ3v) is 11.9. The number of ether oxygens (including phenoxy) is 6. The molecule has 0 aliphatic carbocycles. The van der Waals surface area contributed by atoms with E-state index in [9.17, 15) is 59.4 Å². The first-order valence-electron chi connectivity index (χ1n) is 29.1. The van der Waals surface area contributed by atoms with Crippen molar-refractivity contribution in [2.24, 2.45) is 86.0 Å². The lowest BCUT2D eigenvalue weighted by molar-refractivity contribution is -0.460. The van der Waals surface area contributed by atoms with Crippen molar-refractivity contribution in [2.45, 2.75) is 169 Å². The molecule has 0 saturated carbocycles. The molecule has 15 unspecified atom stereocenters. The van der Waals surface area contributed by atoms with Crippen LogP contribution in [0.5, 0.6) is 0 Å². The SMILES string of the molecule is NC(N)=[NH+]CCCC(N)C(=O)OCC(O)C(CO)OC(=O)C(N)CCCNC(N)[NH3+].NC(N)=[NH+]CCCC(N)C(=O)OCC(O)C(OC(=O)C(N)CCCNC(N)[NH3+])C(O)CO.NC(N)=[NH+]CCCC(N)C(=O)OCC(O)COC(=O)C(N)CCCNC(N)[NH3+]. The van der Waals surface area contributed by atoms with Crippen molar-refractivity contribution in [2.75, 3.05) is 78.9 Å². The maximum absolute atomic E-state index is 12.2. The average Bonchev–Trinajstić information content (AvgIpc) is 1.61. The minimum atomic E-state index is -1.62. The molecule has 0 rings (SSSR count). The number of nitrogens with one attached hydrogen (secondary N) is 6. The van der Waals surface area contributed by atoms with E-state index in [1.807, 2.05) is 0 Å². The van der Waals surface area contributed by atoms with Gasteiger partial charge in [0.05, 0.1) is 32.8 Å². The highest BCUT2D eigenvalue weighted by molar-refractivity contribution is 5.78. The van der Waals surface area contributed by atoms with Crippen molar-refractivity contribution < 1.29 is 120 Å². The van der Waals surface area contributed by atoms with E-state index in [0.717, 1.165) is 0 Å². The average molecular weight is 1320 g/mol. The highest BCUT2D eigenvalue weighted by atomic mass is 16.6. The van der Waals surface area contributed by atoms with Gasteiger partial charge in [-0.15, -0.1) is 0 Å². The van der Waals surface area contributed by atoms with E-state index in [1.165, 1.54) is 0 Å². The number of aliphatic hydroxyl groups excluding tert-OH is 6. The Labute approximate surface area is 522 Å². The molecule has 0 heterocycles. The molecule has 0 aromatic carbocycles. The van der Waals surface area contributed by atoms with Crippen LogP contribution in [0.4, 0.5) is 0 Å². The van der Waals surface area contributed by atoms with Gasteiger partial charge in [-0.25, -0.2) is 0 Å². The van der Waals surface area contributed by atoms with Crippen LogP contribution < -0.4 is 134 Å². The molecule has 0 amide bonds. The molecule has 42 heteroatoms. The third kappa shape index (κ3) is 49.6. The minimum Gasteiger partial charge on any atom is -0.462 e. The molecular weight excluding hydrogens is 1200 g/mol. The Hall–Kier alpha value is -6.21. The van der Waals surface area contributed by atoms with Gasteiger partial charge in [0, 0.05) is 19.6 Å². The monoisotopic (exact) mass is 1310 g/mol. The van der Waals surface area contributed by atoms with Gasteiger partial charge >= 0.3 is 53.7 Å². The van der Waals surface area contributed by atoms with Crippen molar-refractivity contribution >= 4 is 53.7 Å². The van der Waals surface area contributed by atoms with Crippen LogP contribution in [-0.2, 0) is 57.2 Å². The fraction of sp³-hybridized carbons (Fsp3) is 0.812. The van der Waals surface area contributed by atoms with Gasteiger partial charge in [-0.3, -0.25) is 111 Å². The minimum absolute atomic E-state index is 0.0474. The molecule has 0 aliphatic heterocycles. The maximum atomic E-state index is 12.2. The topological polar surface area (TPSA) is 830 Å². The van der Waals surface area contributed by atoms with Crippen molar-refractivity contribution in [3.05, 3.63) is 0 Å². The van der Waals surface area contributed by atoms with E-state index < -0.39 is 148 Å². The van der Waals surface area contributed by atoms with Crippen LogP contribution in [-0.4, -0.2) is 255 Å². The molecule has 51 N–H and O–H groups in total. The lowest BCUT2D eigenvalue weighted by Gasteiger charge is -2.27. The van der Waals surface area contributed by atoms with Gasteiger partial charge in [0.15, 0.2) is 31.1 Å². The van der Waals surface area contributed by atoms with Crippen molar-refractivity contribution in [3.8, 4) is 0 Å². The van der Waals surface area contributed by atoms with Gasteiger partial charge in [0.2, 0.25) is 0 Å². The third-order valence-electron chi connectivity index (χ3n) is 11.9. The molecular formula is C48H114N24O18+6. The summed E-state index contributed by atoms with van der Waals surface area (Å²) < 4.78 is 29.7. The van der Waals surface area contributed by atoms with Crippen LogP contribution >= 0.6 is 0 Å². The summed E-state index contributed by atoms with van der Waals surface area (Å²) in [5.74, 6) is -4.34. The van der Waals surface area contributed by atoms with E-state index in [4.69, 9.17) is 114 Å². The summed E-state index contributed by atoms with van der Waals surface area (Å²) in [7, 11) is 0. The molecule has 528 valence electrons. The van der Waals surface area contributed by atoms with E-state index in [1.54, 1.807) is 0 Å². The number of nitrogens with two attached hydrogens (primary N) is 15. The lowest BCUT2D eigenvalue weighted by Crippen LogP contribution is -2.78. The number of hydrogen-bond acceptors (Lipinski definition) is 30. The summed E-state index contributed by atoms with van der Waals surface area (Å²) in [5.41, 5.74) is 92.8. The van der Waals surface area contributed by atoms with Crippen LogP contribution in [0.25, 0.3) is 0 Å². The Morgan fingerprint density at radius 3 is 0.944 bits per heavy atom. The van der Waals surface area contributed by atoms with Crippen molar-refractivity contribution in [1.29, 1.82) is 0 Å². The fourth-order valence-corrected chi connectivity index (χ4v) is 6.78. The first-order valence-corrected chi connectivity index (χ1v) is 29.1. The first-order chi connectivity index (χ1) is 42.2. The molecule has 0 spiro atoms. The standard InChI is InChI=1S/C17H38N8O7.C16H36N8O6.C15H34N8O5/c18-9(3-1-5-24-16(20)21)14(29)31-8-12(28)13(11(27)7-26)32-15(30)10(19)4-2-6-25-17(22)23;17-9(3-1-5-23-15(19)20)13(27)29-8-11(26)12(7-25)30-14(28)10(18)4-2-6-24-16(21)22;16-10(3-1-5-22-14(18)19)12(25)27-7-9(24)8-28-13(26)11(17)4-2-6-23-15(20)21/h9-13,17,25-28H,1-8,18-19,22-23H2,(H4,20,21,24);9-12,16,24-26H,1-8,17-18,21-22H2,(H4,19,20,23);9-11,14,22,24H,1-8,16-19H2,(H4,20,21,23)/p+6. The van der Waals surface area contributed by atoms with Gasteiger partial charge < -0.3 is 111 Å².